The van der Waals surface area contributed by atoms with Gasteiger partial charge in [0.2, 0.25) is 0 Å². The molecule has 3 atom stereocenters. The van der Waals surface area contributed by atoms with Crippen LogP contribution in [0.25, 0.3) is 9.40 Å². The van der Waals surface area contributed by atoms with Crippen LogP contribution in [0.3, 0.4) is 0 Å². The number of thiophene rings is 2. The summed E-state index contributed by atoms with van der Waals surface area (Å²) in [5, 5.41) is 12.8. The van der Waals surface area contributed by atoms with Gasteiger partial charge < -0.3 is 19.9 Å². The lowest BCUT2D eigenvalue weighted by molar-refractivity contribution is 0.0656. The van der Waals surface area contributed by atoms with E-state index in [-0.39, 0.29) is 24.0 Å². The smallest absolute Gasteiger partial charge is 0.345 e. The van der Waals surface area contributed by atoms with Crippen LogP contribution in [0.2, 0.25) is 0 Å². The summed E-state index contributed by atoms with van der Waals surface area (Å²) in [6, 6.07) is 3.33. The normalized spacial score (nSPS) is 27.2. The fourth-order valence-corrected chi connectivity index (χ4v) is 5.08. The summed E-state index contributed by atoms with van der Waals surface area (Å²) >= 11 is 2.52. The molecule has 4 rings (SSSR count). The van der Waals surface area contributed by atoms with E-state index in [1.807, 2.05) is 0 Å². The highest BCUT2D eigenvalue weighted by atomic mass is 32.2. The Hall–Kier alpha value is -1.48. The van der Waals surface area contributed by atoms with Crippen molar-refractivity contribution in [3.05, 3.63) is 21.9 Å². The largest absolute Gasteiger partial charge is 0.477 e. The van der Waals surface area contributed by atoms with Gasteiger partial charge in [-0.3, -0.25) is 4.79 Å². The Morgan fingerprint density at radius 2 is 1.95 bits per heavy atom. The van der Waals surface area contributed by atoms with Crippen molar-refractivity contribution in [2.45, 2.75) is 12.1 Å². The molecule has 0 spiro atoms. The van der Waals surface area contributed by atoms with Crippen molar-refractivity contribution >= 4 is 43.9 Å². The van der Waals surface area contributed by atoms with Gasteiger partial charge in [-0.1, -0.05) is 0 Å². The Balaban J connectivity index is 1.50. The standard InChI is InChI=1S/C14H13NO5S2/c16-12(15-8-4-20-9-5-19-3-7(8)9)10-1-6-2-11(13(17)18)22-14(6)21-10/h1-2,7-9H,3-5H2,(H,15,16)(H,17,18)/t7-,8+,9-/m0/s1. The van der Waals surface area contributed by atoms with E-state index in [9.17, 15) is 9.59 Å². The molecule has 1 amide bonds. The second kappa shape index (κ2) is 5.31. The van der Waals surface area contributed by atoms with Gasteiger partial charge in [-0.15, -0.1) is 22.7 Å². The first-order valence-corrected chi connectivity index (χ1v) is 8.52. The number of amides is 1. The first kappa shape index (κ1) is 14.1. The molecule has 22 heavy (non-hydrogen) atoms. The summed E-state index contributed by atoms with van der Waals surface area (Å²) < 4.78 is 11.8. The van der Waals surface area contributed by atoms with E-state index in [2.05, 4.69) is 5.32 Å². The van der Waals surface area contributed by atoms with E-state index in [4.69, 9.17) is 14.6 Å². The van der Waals surface area contributed by atoms with Crippen LogP contribution in [0.1, 0.15) is 19.3 Å². The molecule has 8 heteroatoms. The van der Waals surface area contributed by atoms with E-state index in [1.165, 1.54) is 22.7 Å². The Bertz CT molecular complexity index is 720. The molecule has 116 valence electrons. The number of rotatable bonds is 3. The highest BCUT2D eigenvalue weighted by molar-refractivity contribution is 7.39. The van der Waals surface area contributed by atoms with Crippen molar-refractivity contribution in [2.75, 3.05) is 19.8 Å². The summed E-state index contributed by atoms with van der Waals surface area (Å²) in [5.74, 6) is -0.843. The summed E-state index contributed by atoms with van der Waals surface area (Å²) in [6.45, 7) is 1.74. The Morgan fingerprint density at radius 1 is 1.18 bits per heavy atom. The van der Waals surface area contributed by atoms with Crippen molar-refractivity contribution in [1.82, 2.24) is 5.32 Å². The van der Waals surface area contributed by atoms with Gasteiger partial charge in [-0.05, 0) is 12.1 Å². The Morgan fingerprint density at radius 3 is 2.73 bits per heavy atom. The first-order chi connectivity index (χ1) is 10.6. The SMILES string of the molecule is O=C(O)c1cc2cc(C(=O)N[C@@H]3CO[C@H]4COC[C@H]43)sc2s1. The molecule has 2 aromatic heterocycles. The first-order valence-electron chi connectivity index (χ1n) is 6.88. The van der Waals surface area contributed by atoms with Crippen LogP contribution >= 0.6 is 22.7 Å². The minimum Gasteiger partial charge on any atom is -0.477 e. The Labute approximate surface area is 133 Å². The van der Waals surface area contributed by atoms with Crippen LogP contribution in [0, 0.1) is 5.92 Å². The highest BCUT2D eigenvalue weighted by Crippen LogP contribution is 2.34. The van der Waals surface area contributed by atoms with E-state index < -0.39 is 5.97 Å². The predicted octanol–water partition coefficient (Wildman–Crippen LogP) is 1.80. The number of hydrogen-bond acceptors (Lipinski definition) is 6. The van der Waals surface area contributed by atoms with Gasteiger partial charge in [0.1, 0.15) is 4.88 Å². The van der Waals surface area contributed by atoms with Crippen LogP contribution < -0.4 is 5.32 Å². The molecule has 2 fully saturated rings. The third-order valence-corrected chi connectivity index (χ3v) is 6.42. The minimum absolute atomic E-state index is 0.0188. The maximum Gasteiger partial charge on any atom is 0.345 e. The molecule has 0 unspecified atom stereocenters. The van der Waals surface area contributed by atoms with Crippen molar-refractivity contribution < 1.29 is 24.2 Å². The van der Waals surface area contributed by atoms with E-state index in [1.54, 1.807) is 12.1 Å². The highest BCUT2D eigenvalue weighted by Gasteiger charge is 2.42. The number of carboxylic acid groups (broad SMARTS) is 1. The summed E-state index contributed by atoms with van der Waals surface area (Å²) in [6.07, 6.45) is 0.0928. The molecule has 6 nitrogen and oxygen atoms in total. The Kier molecular flexibility index (Phi) is 3.41. The molecule has 2 saturated heterocycles. The molecule has 2 N–H and O–H groups in total. The van der Waals surface area contributed by atoms with Gasteiger partial charge in [0.05, 0.1) is 40.9 Å². The second-order valence-corrected chi connectivity index (χ2v) is 7.79. The average Bonchev–Trinajstić information content (AvgIpc) is 3.17. The van der Waals surface area contributed by atoms with Crippen LogP contribution in [-0.2, 0) is 9.47 Å². The average molecular weight is 339 g/mol. The fourth-order valence-electron chi connectivity index (χ4n) is 2.89. The fraction of sp³-hybridized carbons (Fsp3) is 0.429. The summed E-state index contributed by atoms with van der Waals surface area (Å²) in [5.41, 5.74) is 0. The third-order valence-electron chi connectivity index (χ3n) is 4.04. The maximum atomic E-state index is 12.4. The molecular formula is C14H13NO5S2. The summed E-state index contributed by atoms with van der Waals surface area (Å²) in [7, 11) is 0. The third kappa shape index (κ3) is 2.32. The lowest BCUT2D eigenvalue weighted by atomic mass is 10.0. The molecular weight excluding hydrogens is 326 g/mol. The number of nitrogens with one attached hydrogen (secondary N) is 1. The molecule has 4 heterocycles. The molecule has 2 aliphatic heterocycles. The zero-order valence-corrected chi connectivity index (χ0v) is 13.0. The van der Waals surface area contributed by atoms with Gasteiger partial charge in [0.25, 0.3) is 5.91 Å². The molecule has 2 aliphatic rings. The minimum atomic E-state index is -0.935. The number of carbonyl (C=O) groups is 2. The number of carbonyl (C=O) groups excluding carboxylic acids is 1. The molecule has 0 bridgehead atoms. The maximum absolute atomic E-state index is 12.4. The molecule has 2 aromatic rings. The van der Waals surface area contributed by atoms with Crippen molar-refractivity contribution in [3.63, 3.8) is 0 Å². The van der Waals surface area contributed by atoms with Crippen LogP contribution in [0.5, 0.6) is 0 Å². The van der Waals surface area contributed by atoms with Crippen molar-refractivity contribution in [1.29, 1.82) is 0 Å². The number of hydrogen-bond donors (Lipinski definition) is 2. The molecule has 0 aromatic carbocycles. The van der Waals surface area contributed by atoms with Crippen LogP contribution in [0.15, 0.2) is 12.1 Å². The van der Waals surface area contributed by atoms with Gasteiger partial charge in [0.15, 0.2) is 0 Å². The van der Waals surface area contributed by atoms with Crippen LogP contribution in [-0.4, -0.2) is 48.9 Å². The number of fused-ring (bicyclic) bond motifs is 2. The summed E-state index contributed by atoms with van der Waals surface area (Å²) in [4.78, 5) is 24.2. The van der Waals surface area contributed by atoms with Crippen molar-refractivity contribution in [3.8, 4) is 0 Å². The zero-order valence-electron chi connectivity index (χ0n) is 11.4. The zero-order chi connectivity index (χ0) is 15.3. The number of aromatic carboxylic acids is 1. The van der Waals surface area contributed by atoms with E-state index in [0.29, 0.717) is 29.6 Å². The lowest BCUT2D eigenvalue weighted by Gasteiger charge is -2.15. The molecule has 0 aliphatic carbocycles. The lowest BCUT2D eigenvalue weighted by Crippen LogP contribution is -2.40. The number of carboxylic acids is 1. The van der Waals surface area contributed by atoms with E-state index in [0.717, 1.165) is 9.40 Å². The second-order valence-electron chi connectivity index (χ2n) is 5.42. The molecule has 0 saturated carbocycles. The quantitative estimate of drug-likeness (QED) is 0.891. The van der Waals surface area contributed by atoms with Crippen molar-refractivity contribution in [2.24, 2.45) is 5.92 Å². The predicted molar refractivity (Wildman–Crippen MR) is 82.0 cm³/mol. The van der Waals surface area contributed by atoms with E-state index >= 15 is 0 Å². The number of ether oxygens (including phenoxy) is 2. The van der Waals surface area contributed by atoms with Gasteiger partial charge in [-0.25, -0.2) is 4.79 Å². The van der Waals surface area contributed by atoms with Gasteiger partial charge in [-0.2, -0.15) is 0 Å². The monoisotopic (exact) mass is 339 g/mol. The van der Waals surface area contributed by atoms with Crippen LogP contribution in [0.4, 0.5) is 0 Å². The topological polar surface area (TPSA) is 84.9 Å². The molecule has 0 radical (unpaired) electrons. The van der Waals surface area contributed by atoms with Gasteiger partial charge >= 0.3 is 5.97 Å². The van der Waals surface area contributed by atoms with Gasteiger partial charge in [0, 0.05) is 11.3 Å².